The van der Waals surface area contributed by atoms with Crippen LogP contribution in [0.4, 0.5) is 0 Å². The van der Waals surface area contributed by atoms with Crippen molar-refractivity contribution in [1.82, 2.24) is 0 Å². The smallest absolute Gasteiger partial charge is 0.122 e. The number of hydrogen-bond acceptors (Lipinski definition) is 3. The molecule has 1 aromatic carbocycles. The number of aliphatic hydroxyl groups excluding tert-OH is 2. The summed E-state index contributed by atoms with van der Waals surface area (Å²) in [7, 11) is 0. The van der Waals surface area contributed by atoms with Crippen LogP contribution in [-0.4, -0.2) is 22.9 Å². The molecular weight excluding hydrogens is 204 g/mol. The maximum Gasteiger partial charge on any atom is 0.122 e. The van der Waals surface area contributed by atoms with E-state index in [1.54, 1.807) is 0 Å². The molecule has 1 aliphatic rings. The fourth-order valence-corrected chi connectivity index (χ4v) is 1.95. The van der Waals surface area contributed by atoms with E-state index in [1.807, 2.05) is 32.0 Å². The van der Waals surface area contributed by atoms with Crippen LogP contribution in [0, 0.1) is 5.92 Å². The molecule has 0 saturated heterocycles. The third kappa shape index (κ3) is 2.06. The summed E-state index contributed by atoms with van der Waals surface area (Å²) in [5.74, 6) is 0.939. The van der Waals surface area contributed by atoms with E-state index >= 15 is 0 Å². The minimum atomic E-state index is -0.814. The first kappa shape index (κ1) is 11.4. The molecule has 0 aromatic heterocycles. The van der Waals surface area contributed by atoms with Gasteiger partial charge in [-0.05, 0) is 29.2 Å². The molecule has 1 heterocycles. The summed E-state index contributed by atoms with van der Waals surface area (Å²) in [6.07, 6.45) is -0.653. The van der Waals surface area contributed by atoms with Gasteiger partial charge in [0.05, 0.1) is 12.7 Å². The Bertz CT molecular complexity index is 373. The molecule has 2 atom stereocenters. The summed E-state index contributed by atoms with van der Waals surface area (Å²) in [6.45, 7) is 4.50. The molecule has 0 fully saturated rings. The number of hydrogen-bond donors (Lipinski definition) is 2. The zero-order valence-corrected chi connectivity index (χ0v) is 9.68. The first-order valence-corrected chi connectivity index (χ1v) is 5.71. The normalized spacial score (nSPS) is 18.1. The molecule has 2 unspecified atom stereocenters. The van der Waals surface area contributed by atoms with Gasteiger partial charge >= 0.3 is 0 Å². The molecule has 2 rings (SSSR count). The molecule has 0 radical (unpaired) electrons. The highest BCUT2D eigenvalue weighted by Gasteiger charge is 2.23. The van der Waals surface area contributed by atoms with Crippen LogP contribution in [0.5, 0.6) is 5.75 Å². The Morgan fingerprint density at radius 1 is 1.25 bits per heavy atom. The first-order valence-electron chi connectivity index (χ1n) is 5.71. The molecular formula is C13H18O3. The van der Waals surface area contributed by atoms with Gasteiger partial charge in [0, 0.05) is 6.42 Å². The summed E-state index contributed by atoms with van der Waals surface area (Å²) in [5.41, 5.74) is 1.89. The highest BCUT2D eigenvalue weighted by atomic mass is 16.5. The molecule has 0 saturated carbocycles. The Kier molecular flexibility index (Phi) is 3.17. The minimum absolute atomic E-state index is 0.0412. The Balaban J connectivity index is 2.21. The largest absolute Gasteiger partial charge is 0.493 e. The maximum absolute atomic E-state index is 10.00. The number of benzene rings is 1. The summed E-state index contributed by atoms with van der Waals surface area (Å²) in [6, 6.07) is 5.62. The van der Waals surface area contributed by atoms with E-state index < -0.39 is 12.2 Å². The van der Waals surface area contributed by atoms with Crippen molar-refractivity contribution in [2.24, 2.45) is 5.92 Å². The lowest BCUT2D eigenvalue weighted by atomic mass is 9.95. The number of fused-ring (bicyclic) bond motifs is 1. The highest BCUT2D eigenvalue weighted by molar-refractivity contribution is 5.40. The Labute approximate surface area is 95.7 Å². The van der Waals surface area contributed by atoms with Crippen molar-refractivity contribution in [2.75, 3.05) is 6.61 Å². The van der Waals surface area contributed by atoms with Crippen LogP contribution in [0.25, 0.3) is 0 Å². The molecule has 0 aliphatic carbocycles. The van der Waals surface area contributed by atoms with Crippen LogP contribution in [0.15, 0.2) is 18.2 Å². The molecule has 2 N–H and O–H groups in total. The topological polar surface area (TPSA) is 49.7 Å². The maximum atomic E-state index is 10.00. The predicted octanol–water partition coefficient (Wildman–Crippen LogP) is 1.67. The van der Waals surface area contributed by atoms with Crippen LogP contribution in [0.3, 0.4) is 0 Å². The van der Waals surface area contributed by atoms with Gasteiger partial charge in [-0.25, -0.2) is 0 Å². The Hall–Kier alpha value is -1.06. The molecule has 3 heteroatoms. The molecule has 88 valence electrons. The second kappa shape index (κ2) is 4.44. The lowest BCUT2D eigenvalue weighted by Gasteiger charge is -2.21. The van der Waals surface area contributed by atoms with Crippen molar-refractivity contribution in [3.63, 3.8) is 0 Å². The molecule has 0 amide bonds. The van der Waals surface area contributed by atoms with Crippen LogP contribution in [0.2, 0.25) is 0 Å². The first-order chi connectivity index (χ1) is 7.59. The van der Waals surface area contributed by atoms with Gasteiger partial charge in [0.1, 0.15) is 11.9 Å². The van der Waals surface area contributed by atoms with Crippen molar-refractivity contribution in [3.8, 4) is 5.75 Å². The zero-order valence-electron chi connectivity index (χ0n) is 9.68. The molecule has 16 heavy (non-hydrogen) atoms. The van der Waals surface area contributed by atoms with Gasteiger partial charge in [0.15, 0.2) is 0 Å². The van der Waals surface area contributed by atoms with Gasteiger partial charge in [0.25, 0.3) is 0 Å². The average Bonchev–Trinajstić information content (AvgIpc) is 2.73. The lowest BCUT2D eigenvalue weighted by Crippen LogP contribution is -2.23. The Morgan fingerprint density at radius 3 is 2.69 bits per heavy atom. The molecule has 0 spiro atoms. The third-order valence-electron chi connectivity index (χ3n) is 3.06. The minimum Gasteiger partial charge on any atom is -0.493 e. The van der Waals surface area contributed by atoms with Crippen LogP contribution in [0.1, 0.15) is 31.1 Å². The van der Waals surface area contributed by atoms with Gasteiger partial charge in [-0.15, -0.1) is 0 Å². The molecule has 1 aliphatic heterocycles. The highest BCUT2D eigenvalue weighted by Crippen LogP contribution is 2.30. The average molecular weight is 222 g/mol. The molecule has 0 bridgehead atoms. The fourth-order valence-electron chi connectivity index (χ4n) is 1.95. The summed E-state index contributed by atoms with van der Waals surface area (Å²) >= 11 is 0. The van der Waals surface area contributed by atoms with Crippen molar-refractivity contribution in [3.05, 3.63) is 29.3 Å². The second-order valence-corrected chi connectivity index (χ2v) is 4.65. The standard InChI is InChI=1S/C13H18O3/c1-8(2)12(14)13(15)10-3-4-11-9(7-10)5-6-16-11/h3-4,7-8,12-15H,5-6H2,1-2H3. The quantitative estimate of drug-likeness (QED) is 0.818. The van der Waals surface area contributed by atoms with Crippen molar-refractivity contribution >= 4 is 0 Å². The number of aliphatic hydroxyl groups is 2. The summed E-state index contributed by atoms with van der Waals surface area (Å²) in [5, 5.41) is 19.8. The van der Waals surface area contributed by atoms with Crippen molar-refractivity contribution < 1.29 is 14.9 Å². The van der Waals surface area contributed by atoms with E-state index in [0.717, 1.165) is 23.3 Å². The SMILES string of the molecule is CC(C)C(O)C(O)c1ccc2c(c1)CCO2. The van der Waals surface area contributed by atoms with Crippen LogP contribution in [-0.2, 0) is 6.42 Å². The number of ether oxygens (including phenoxy) is 1. The van der Waals surface area contributed by atoms with E-state index in [-0.39, 0.29) is 5.92 Å². The van der Waals surface area contributed by atoms with Crippen LogP contribution >= 0.6 is 0 Å². The van der Waals surface area contributed by atoms with E-state index in [2.05, 4.69) is 0 Å². The van der Waals surface area contributed by atoms with E-state index in [1.165, 1.54) is 0 Å². The van der Waals surface area contributed by atoms with Gasteiger partial charge in [0.2, 0.25) is 0 Å². The zero-order chi connectivity index (χ0) is 11.7. The van der Waals surface area contributed by atoms with Crippen LogP contribution < -0.4 is 4.74 Å². The lowest BCUT2D eigenvalue weighted by molar-refractivity contribution is -0.00942. The second-order valence-electron chi connectivity index (χ2n) is 4.65. The van der Waals surface area contributed by atoms with Crippen molar-refractivity contribution in [1.29, 1.82) is 0 Å². The third-order valence-corrected chi connectivity index (χ3v) is 3.06. The monoisotopic (exact) mass is 222 g/mol. The fraction of sp³-hybridized carbons (Fsp3) is 0.538. The molecule has 3 nitrogen and oxygen atoms in total. The van der Waals surface area contributed by atoms with Crippen molar-refractivity contribution in [2.45, 2.75) is 32.5 Å². The van der Waals surface area contributed by atoms with Gasteiger partial charge in [-0.1, -0.05) is 19.9 Å². The predicted molar refractivity (Wildman–Crippen MR) is 61.4 cm³/mol. The summed E-state index contributed by atoms with van der Waals surface area (Å²) in [4.78, 5) is 0. The van der Waals surface area contributed by atoms with Gasteiger partial charge in [-0.3, -0.25) is 0 Å². The summed E-state index contributed by atoms with van der Waals surface area (Å²) < 4.78 is 5.40. The number of rotatable bonds is 3. The Morgan fingerprint density at radius 2 is 2.00 bits per heavy atom. The van der Waals surface area contributed by atoms with E-state index in [0.29, 0.717) is 6.61 Å². The van der Waals surface area contributed by atoms with E-state index in [9.17, 15) is 10.2 Å². The van der Waals surface area contributed by atoms with E-state index in [4.69, 9.17) is 4.74 Å². The molecule has 1 aromatic rings. The van der Waals surface area contributed by atoms with Gasteiger partial charge < -0.3 is 14.9 Å². The van der Waals surface area contributed by atoms with Gasteiger partial charge in [-0.2, -0.15) is 0 Å².